The number of methoxy groups -OCH3 is 1. The molecule has 0 fully saturated rings. The van der Waals surface area contributed by atoms with Crippen LogP contribution in [-0.2, 0) is 4.84 Å². The Morgan fingerprint density at radius 3 is 2.65 bits per heavy atom. The number of carbonyl (C=O) groups is 1. The largest absolute Gasteiger partial charge is 0.493 e. The van der Waals surface area contributed by atoms with Crippen LogP contribution in [0.3, 0.4) is 0 Å². The highest BCUT2D eigenvalue weighted by atomic mass is 35.5. The van der Waals surface area contributed by atoms with Crippen molar-refractivity contribution in [2.75, 3.05) is 20.3 Å². The number of benzene rings is 1. The van der Waals surface area contributed by atoms with Crippen molar-refractivity contribution in [3.05, 3.63) is 22.7 Å². The number of hydrogen-bond donors (Lipinski definition) is 1. The third-order valence-corrected chi connectivity index (χ3v) is 2.64. The summed E-state index contributed by atoms with van der Waals surface area (Å²) in [7, 11) is 1.50. The summed E-state index contributed by atoms with van der Waals surface area (Å²) >= 11 is 6.15. The zero-order chi connectivity index (χ0) is 15.1. The first-order valence-electron chi connectivity index (χ1n) is 6.42. The van der Waals surface area contributed by atoms with E-state index >= 15 is 0 Å². The summed E-state index contributed by atoms with van der Waals surface area (Å²) < 4.78 is 10.8. The van der Waals surface area contributed by atoms with Gasteiger partial charge in [0.2, 0.25) is 0 Å². The summed E-state index contributed by atoms with van der Waals surface area (Å²) in [5.74, 6) is 0.829. The van der Waals surface area contributed by atoms with Crippen LogP contribution >= 0.6 is 11.6 Å². The summed E-state index contributed by atoms with van der Waals surface area (Å²) in [6, 6.07) is 3.09. The molecule has 0 aromatic heterocycles. The molecule has 1 N–H and O–H groups in total. The van der Waals surface area contributed by atoms with Crippen LogP contribution in [0.2, 0.25) is 5.02 Å². The van der Waals surface area contributed by atoms with Crippen molar-refractivity contribution in [2.24, 2.45) is 5.92 Å². The highest BCUT2D eigenvalue weighted by Crippen LogP contribution is 2.36. The Kier molecular flexibility index (Phi) is 6.61. The van der Waals surface area contributed by atoms with Gasteiger partial charge in [0.1, 0.15) is 0 Å². The molecular weight excluding hydrogens is 282 g/mol. The van der Waals surface area contributed by atoms with E-state index in [0.29, 0.717) is 41.2 Å². The lowest BCUT2D eigenvalue weighted by molar-refractivity contribution is 0.0364. The van der Waals surface area contributed by atoms with Crippen molar-refractivity contribution in [3.8, 4) is 11.5 Å². The molecule has 6 heteroatoms. The SMILES string of the molecule is CCONC(=O)c1cc(Cl)c(OCC(C)C)c(OC)c1. The van der Waals surface area contributed by atoms with Gasteiger partial charge in [-0.25, -0.2) is 5.48 Å². The molecule has 0 heterocycles. The van der Waals surface area contributed by atoms with Gasteiger partial charge in [0, 0.05) is 5.56 Å². The molecule has 1 aromatic carbocycles. The number of halogens is 1. The van der Waals surface area contributed by atoms with Crippen LogP contribution in [0, 0.1) is 5.92 Å². The topological polar surface area (TPSA) is 56.8 Å². The normalized spacial score (nSPS) is 10.5. The average molecular weight is 302 g/mol. The fourth-order valence-electron chi connectivity index (χ4n) is 1.44. The summed E-state index contributed by atoms with van der Waals surface area (Å²) in [5.41, 5.74) is 2.65. The van der Waals surface area contributed by atoms with Crippen LogP contribution in [-0.4, -0.2) is 26.2 Å². The molecule has 20 heavy (non-hydrogen) atoms. The van der Waals surface area contributed by atoms with Crippen LogP contribution in [0.15, 0.2) is 12.1 Å². The molecule has 5 nitrogen and oxygen atoms in total. The van der Waals surface area contributed by atoms with Gasteiger partial charge in [-0.3, -0.25) is 9.63 Å². The lowest BCUT2D eigenvalue weighted by Gasteiger charge is -2.15. The maximum absolute atomic E-state index is 11.8. The van der Waals surface area contributed by atoms with Gasteiger partial charge in [0.15, 0.2) is 11.5 Å². The predicted octanol–water partition coefficient (Wildman–Crippen LogP) is 3.06. The minimum absolute atomic E-state index is 0.326. The van der Waals surface area contributed by atoms with E-state index in [1.807, 2.05) is 13.8 Å². The molecule has 0 aliphatic rings. The molecule has 112 valence electrons. The molecule has 0 saturated heterocycles. The Balaban J connectivity index is 2.97. The average Bonchev–Trinajstić information content (AvgIpc) is 2.42. The quantitative estimate of drug-likeness (QED) is 0.786. The number of carbonyl (C=O) groups excluding carboxylic acids is 1. The lowest BCUT2D eigenvalue weighted by atomic mass is 10.2. The minimum atomic E-state index is -0.387. The first-order valence-corrected chi connectivity index (χ1v) is 6.79. The Hall–Kier alpha value is -1.46. The van der Waals surface area contributed by atoms with Crippen molar-refractivity contribution >= 4 is 17.5 Å². The standard InChI is InChI=1S/C14H20ClNO4/c1-5-20-16-14(17)10-6-11(15)13(12(7-10)18-4)19-8-9(2)3/h6-7,9H,5,8H2,1-4H3,(H,16,17). The molecule has 0 atom stereocenters. The Morgan fingerprint density at radius 1 is 1.40 bits per heavy atom. The number of nitrogens with one attached hydrogen (secondary N) is 1. The number of hydrogen-bond acceptors (Lipinski definition) is 4. The van der Waals surface area contributed by atoms with E-state index < -0.39 is 0 Å². The van der Waals surface area contributed by atoms with Gasteiger partial charge in [-0.2, -0.15) is 0 Å². The number of ether oxygens (including phenoxy) is 2. The van der Waals surface area contributed by atoms with E-state index in [9.17, 15) is 4.79 Å². The fraction of sp³-hybridized carbons (Fsp3) is 0.500. The second-order valence-electron chi connectivity index (χ2n) is 4.56. The summed E-state index contributed by atoms with van der Waals surface area (Å²) in [6.45, 7) is 6.73. The molecule has 0 unspecified atom stereocenters. The molecule has 0 saturated carbocycles. The lowest BCUT2D eigenvalue weighted by Crippen LogP contribution is -2.23. The molecule has 0 aliphatic carbocycles. The molecule has 1 rings (SSSR count). The third-order valence-electron chi connectivity index (χ3n) is 2.36. The monoisotopic (exact) mass is 301 g/mol. The second-order valence-corrected chi connectivity index (χ2v) is 4.97. The zero-order valence-electron chi connectivity index (χ0n) is 12.2. The highest BCUT2D eigenvalue weighted by Gasteiger charge is 2.16. The Morgan fingerprint density at radius 2 is 2.10 bits per heavy atom. The van der Waals surface area contributed by atoms with Gasteiger partial charge >= 0.3 is 0 Å². The van der Waals surface area contributed by atoms with E-state index in [2.05, 4.69) is 5.48 Å². The fourth-order valence-corrected chi connectivity index (χ4v) is 1.70. The smallest absolute Gasteiger partial charge is 0.275 e. The van der Waals surface area contributed by atoms with E-state index in [1.54, 1.807) is 13.0 Å². The van der Waals surface area contributed by atoms with Gasteiger partial charge in [-0.15, -0.1) is 0 Å². The first kappa shape index (κ1) is 16.6. The maximum Gasteiger partial charge on any atom is 0.275 e. The Labute approximate surface area is 124 Å². The summed E-state index contributed by atoms with van der Waals surface area (Å²) in [5, 5.41) is 0.326. The maximum atomic E-state index is 11.8. The first-order chi connectivity index (χ1) is 9.49. The molecule has 0 radical (unpaired) electrons. The summed E-state index contributed by atoms with van der Waals surface area (Å²) in [6.07, 6.45) is 0. The van der Waals surface area contributed by atoms with Gasteiger partial charge in [0.25, 0.3) is 5.91 Å². The van der Waals surface area contributed by atoms with E-state index in [0.717, 1.165) is 0 Å². The molecule has 1 aromatic rings. The molecule has 0 bridgehead atoms. The number of hydroxylamine groups is 1. The molecule has 0 aliphatic heterocycles. The van der Waals surface area contributed by atoms with Gasteiger partial charge in [0.05, 0.1) is 25.3 Å². The van der Waals surface area contributed by atoms with Crippen LogP contribution < -0.4 is 15.0 Å². The Bertz CT molecular complexity index is 463. The number of amides is 1. The van der Waals surface area contributed by atoms with Crippen LogP contribution in [0.4, 0.5) is 0 Å². The minimum Gasteiger partial charge on any atom is -0.493 e. The summed E-state index contributed by atoms with van der Waals surface area (Å²) in [4.78, 5) is 16.7. The molecular formula is C14H20ClNO4. The predicted molar refractivity (Wildman–Crippen MR) is 77.4 cm³/mol. The van der Waals surface area contributed by atoms with Crippen LogP contribution in [0.5, 0.6) is 11.5 Å². The van der Waals surface area contributed by atoms with Crippen molar-refractivity contribution in [1.29, 1.82) is 0 Å². The third kappa shape index (κ3) is 4.58. The van der Waals surface area contributed by atoms with Gasteiger partial charge in [-0.05, 0) is 25.0 Å². The van der Waals surface area contributed by atoms with Crippen molar-refractivity contribution in [3.63, 3.8) is 0 Å². The van der Waals surface area contributed by atoms with Crippen molar-refractivity contribution in [1.82, 2.24) is 5.48 Å². The van der Waals surface area contributed by atoms with Gasteiger partial charge in [-0.1, -0.05) is 25.4 Å². The van der Waals surface area contributed by atoms with Crippen molar-refractivity contribution in [2.45, 2.75) is 20.8 Å². The van der Waals surface area contributed by atoms with E-state index in [-0.39, 0.29) is 5.91 Å². The van der Waals surface area contributed by atoms with E-state index in [4.69, 9.17) is 25.9 Å². The molecule has 1 amide bonds. The highest BCUT2D eigenvalue weighted by molar-refractivity contribution is 6.32. The zero-order valence-corrected chi connectivity index (χ0v) is 12.9. The van der Waals surface area contributed by atoms with Crippen LogP contribution in [0.25, 0.3) is 0 Å². The van der Waals surface area contributed by atoms with Crippen molar-refractivity contribution < 1.29 is 19.1 Å². The van der Waals surface area contributed by atoms with Gasteiger partial charge < -0.3 is 9.47 Å². The second kappa shape index (κ2) is 7.97. The number of rotatable bonds is 7. The molecule has 0 spiro atoms. The van der Waals surface area contributed by atoms with Crippen LogP contribution in [0.1, 0.15) is 31.1 Å². The van der Waals surface area contributed by atoms with E-state index in [1.165, 1.54) is 13.2 Å².